The second-order valence-corrected chi connectivity index (χ2v) is 5.75. The van der Waals surface area contributed by atoms with Crippen LogP contribution in [0, 0.1) is 0 Å². The van der Waals surface area contributed by atoms with E-state index in [1.165, 1.54) is 0 Å². The number of phosphoric ester groups is 1. The average Bonchev–Trinajstić information content (AvgIpc) is 2.66. The molecular weight excluding hydrogens is 318 g/mol. The van der Waals surface area contributed by atoms with Gasteiger partial charge in [0.25, 0.3) is 0 Å². The van der Waals surface area contributed by atoms with Gasteiger partial charge in [0.2, 0.25) is 0 Å². The summed E-state index contributed by atoms with van der Waals surface area (Å²) in [5.74, 6) is -0.712. The fourth-order valence-electron chi connectivity index (χ4n) is 2.16. The number of aromatic nitrogens is 2. The maximum absolute atomic E-state index is 11.6. The Balaban J connectivity index is 0.00000161. The van der Waals surface area contributed by atoms with E-state index >= 15 is 0 Å². The molecule has 2 saturated heterocycles. The van der Waals surface area contributed by atoms with E-state index in [0.717, 1.165) is 16.8 Å². The third-order valence-electron chi connectivity index (χ3n) is 3.04. The standard InChI is InChI=1S/C9H11N2O8P.Na/c12-5-1-2-11(9(14)10-5)8-6(13)7-4(18-8)3-17-20(15,16)19-7;/h1-2,4,6-8,13H,3H2,(H,15,16)(H,10,12,14);/q;+1/p-1/t4-,6-,7-,8-;/m1./s1. The molecule has 0 radical (unpaired) electrons. The van der Waals surface area contributed by atoms with E-state index in [2.05, 4.69) is 9.51 Å². The van der Waals surface area contributed by atoms with Gasteiger partial charge in [-0.2, -0.15) is 0 Å². The Kier molecular flexibility index (Phi) is 4.94. The van der Waals surface area contributed by atoms with Gasteiger partial charge < -0.3 is 19.8 Å². The van der Waals surface area contributed by atoms with Crippen LogP contribution in [-0.2, 0) is 18.3 Å². The molecule has 3 rings (SSSR count). The van der Waals surface area contributed by atoms with Gasteiger partial charge in [-0.05, 0) is 11.9 Å². The van der Waals surface area contributed by atoms with Crippen molar-refractivity contribution in [2.24, 2.45) is 0 Å². The quantitative estimate of drug-likeness (QED) is 0.383. The molecule has 0 amide bonds. The van der Waals surface area contributed by atoms with Crippen LogP contribution in [0.5, 0.6) is 5.88 Å². The summed E-state index contributed by atoms with van der Waals surface area (Å²) >= 11 is 0. The molecule has 1 unspecified atom stereocenters. The van der Waals surface area contributed by atoms with E-state index in [4.69, 9.17) is 9.26 Å². The Labute approximate surface area is 140 Å². The van der Waals surface area contributed by atoms with Gasteiger partial charge in [0.1, 0.15) is 18.3 Å². The Bertz CT molecular complexity index is 638. The predicted molar refractivity (Wildman–Crippen MR) is 58.5 cm³/mol. The third-order valence-corrected chi connectivity index (χ3v) is 4.03. The van der Waals surface area contributed by atoms with Crippen molar-refractivity contribution in [2.75, 3.05) is 6.61 Å². The van der Waals surface area contributed by atoms with Gasteiger partial charge in [-0.1, -0.05) is 0 Å². The first-order valence-electron chi connectivity index (χ1n) is 5.63. The summed E-state index contributed by atoms with van der Waals surface area (Å²) in [6.45, 7) is -0.256. The normalized spacial score (nSPS) is 38.6. The first-order valence-corrected chi connectivity index (χ1v) is 7.12. The smallest absolute Gasteiger partial charge is 0.858 e. The number of fused-ring (bicyclic) bond motifs is 1. The molecule has 0 saturated carbocycles. The molecule has 1 aromatic heterocycles. The summed E-state index contributed by atoms with van der Waals surface area (Å²) in [7, 11) is -4.22. The number of aliphatic hydroxyl groups excluding tert-OH is 1. The molecule has 21 heavy (non-hydrogen) atoms. The number of nitrogens with zero attached hydrogens (tertiary/aromatic N) is 2. The van der Waals surface area contributed by atoms with Gasteiger partial charge in [0.15, 0.2) is 6.23 Å². The van der Waals surface area contributed by atoms with Crippen molar-refractivity contribution in [3.8, 4) is 5.88 Å². The Morgan fingerprint density at radius 3 is 2.90 bits per heavy atom. The molecule has 3 heterocycles. The second kappa shape index (κ2) is 6.07. The van der Waals surface area contributed by atoms with Gasteiger partial charge >= 0.3 is 43.1 Å². The van der Waals surface area contributed by atoms with E-state index in [-0.39, 0.29) is 36.2 Å². The summed E-state index contributed by atoms with van der Waals surface area (Å²) in [4.78, 5) is 24.0. The van der Waals surface area contributed by atoms with Crippen molar-refractivity contribution in [2.45, 2.75) is 24.5 Å². The van der Waals surface area contributed by atoms with E-state index < -0.39 is 43.9 Å². The van der Waals surface area contributed by atoms with E-state index in [1.807, 2.05) is 0 Å². The van der Waals surface area contributed by atoms with Gasteiger partial charge in [-0.15, -0.1) is 0 Å². The molecule has 0 aromatic carbocycles. The summed E-state index contributed by atoms with van der Waals surface area (Å²) < 4.78 is 26.9. The Hall–Kier alpha value is -0.290. The van der Waals surface area contributed by atoms with E-state index in [1.54, 1.807) is 0 Å². The van der Waals surface area contributed by atoms with Crippen LogP contribution in [0.2, 0.25) is 0 Å². The summed E-state index contributed by atoms with van der Waals surface area (Å²) in [6.07, 6.45) is -3.33. The molecule has 5 atom stereocenters. The second-order valence-electron chi connectivity index (χ2n) is 4.35. The first-order chi connectivity index (χ1) is 9.37. The third kappa shape index (κ3) is 3.24. The summed E-state index contributed by atoms with van der Waals surface area (Å²) in [5, 5.41) is 21.0. The molecule has 2 aliphatic rings. The van der Waals surface area contributed by atoms with Crippen molar-refractivity contribution in [3.05, 3.63) is 22.7 Å². The monoisotopic (exact) mass is 328 g/mol. The van der Waals surface area contributed by atoms with Crippen molar-refractivity contribution < 1.29 is 63.0 Å². The van der Waals surface area contributed by atoms with Gasteiger partial charge in [0, 0.05) is 6.20 Å². The Morgan fingerprint density at radius 1 is 1.52 bits per heavy atom. The van der Waals surface area contributed by atoms with E-state index in [0.29, 0.717) is 0 Å². The molecule has 10 nitrogen and oxygen atoms in total. The van der Waals surface area contributed by atoms with Crippen LogP contribution in [0.15, 0.2) is 17.1 Å². The number of rotatable bonds is 1. The average molecular weight is 328 g/mol. The molecular formula is C9H10N2NaO8P. The minimum absolute atomic E-state index is 0. The molecule has 12 heteroatoms. The molecule has 2 aliphatic heterocycles. The summed E-state index contributed by atoms with van der Waals surface area (Å²) in [5.41, 5.74) is -0.895. The first kappa shape index (κ1) is 17.1. The van der Waals surface area contributed by atoms with Crippen molar-refractivity contribution >= 4 is 7.82 Å². The van der Waals surface area contributed by atoms with Crippen LogP contribution in [0.25, 0.3) is 0 Å². The minimum Gasteiger partial charge on any atom is -0.858 e. The number of hydrogen-bond donors (Lipinski definition) is 2. The fourth-order valence-corrected chi connectivity index (χ4v) is 3.12. The van der Waals surface area contributed by atoms with Crippen LogP contribution in [-0.4, -0.2) is 44.5 Å². The molecule has 2 N–H and O–H groups in total. The molecule has 0 aliphatic carbocycles. The predicted octanol–water partition coefficient (Wildman–Crippen LogP) is -4.90. The molecule has 0 spiro atoms. The number of ether oxygens (including phenoxy) is 1. The van der Waals surface area contributed by atoms with Crippen molar-refractivity contribution in [3.63, 3.8) is 0 Å². The Morgan fingerprint density at radius 2 is 2.24 bits per heavy atom. The molecule has 1 aromatic rings. The molecule has 2 fully saturated rings. The zero-order chi connectivity index (χ0) is 14.5. The van der Waals surface area contributed by atoms with Crippen molar-refractivity contribution in [1.82, 2.24) is 9.55 Å². The number of hydrogen-bond acceptors (Lipinski definition) is 8. The number of phosphoric acid groups is 1. The van der Waals surface area contributed by atoms with Crippen LogP contribution >= 0.6 is 7.82 Å². The van der Waals surface area contributed by atoms with Crippen LogP contribution < -0.4 is 40.4 Å². The van der Waals surface area contributed by atoms with Gasteiger partial charge in [0.05, 0.1) is 6.61 Å². The van der Waals surface area contributed by atoms with Crippen LogP contribution in [0.4, 0.5) is 0 Å². The summed E-state index contributed by atoms with van der Waals surface area (Å²) in [6, 6.07) is 1.04. The maximum Gasteiger partial charge on any atom is 1.00 e. The minimum atomic E-state index is -4.22. The largest absolute Gasteiger partial charge is 1.00 e. The van der Waals surface area contributed by atoms with Gasteiger partial charge in [-0.25, -0.2) is 14.3 Å². The maximum atomic E-state index is 11.6. The molecule has 0 bridgehead atoms. The fraction of sp³-hybridized carbons (Fsp3) is 0.556. The SMILES string of the molecule is O=c1nc([O-])ccn1[C@@H]1O[C@@H]2COP(=O)(O)O[C@H]2[C@H]1O.[Na+]. The van der Waals surface area contributed by atoms with E-state index in [9.17, 15) is 24.5 Å². The zero-order valence-corrected chi connectivity index (χ0v) is 13.8. The zero-order valence-electron chi connectivity index (χ0n) is 10.9. The van der Waals surface area contributed by atoms with Crippen LogP contribution in [0.1, 0.15) is 6.23 Å². The van der Waals surface area contributed by atoms with Crippen molar-refractivity contribution in [1.29, 1.82) is 0 Å². The topological polar surface area (TPSA) is 143 Å². The number of aliphatic hydroxyl groups is 1. The molecule has 110 valence electrons. The van der Waals surface area contributed by atoms with Gasteiger partial charge in [-0.3, -0.25) is 13.6 Å². The van der Waals surface area contributed by atoms with Crippen LogP contribution in [0.3, 0.4) is 0 Å².